The summed E-state index contributed by atoms with van der Waals surface area (Å²) in [6.45, 7) is 0. The van der Waals surface area contributed by atoms with E-state index < -0.39 is 6.09 Å². The Balaban J connectivity index is 2.04. The molecule has 4 nitrogen and oxygen atoms in total. The number of amides is 2. The predicted molar refractivity (Wildman–Crippen MR) is 74.2 cm³/mol. The normalized spacial score (nSPS) is 29.1. The van der Waals surface area contributed by atoms with Gasteiger partial charge in [0.1, 0.15) is 0 Å². The van der Waals surface area contributed by atoms with Gasteiger partial charge >= 0.3 is 6.09 Å². The van der Waals surface area contributed by atoms with E-state index >= 15 is 0 Å². The maximum atomic E-state index is 12.3. The summed E-state index contributed by atoms with van der Waals surface area (Å²) in [6.07, 6.45) is 3.89. The van der Waals surface area contributed by atoms with Crippen LogP contribution in [0.1, 0.15) is 37.7 Å². The van der Waals surface area contributed by atoms with Gasteiger partial charge < -0.3 is 4.74 Å². The molecule has 0 N–H and O–H groups in total. The first-order valence-corrected chi connectivity index (χ1v) is 7.14. The Morgan fingerprint density at radius 1 is 1.30 bits per heavy atom. The molecule has 4 heteroatoms. The SMILES string of the molecule is COC(=O)N1C(=O)C[C@@]2(c3ccccc3)CCCC[C@@H]12. The smallest absolute Gasteiger partial charge is 0.416 e. The van der Waals surface area contributed by atoms with Crippen molar-refractivity contribution in [2.24, 2.45) is 0 Å². The van der Waals surface area contributed by atoms with E-state index in [0.29, 0.717) is 6.42 Å². The summed E-state index contributed by atoms with van der Waals surface area (Å²) in [6, 6.07) is 10.1. The number of hydrogen-bond acceptors (Lipinski definition) is 3. The topological polar surface area (TPSA) is 46.6 Å². The Bertz CT molecular complexity index is 528. The van der Waals surface area contributed by atoms with E-state index in [-0.39, 0.29) is 17.4 Å². The molecule has 2 aliphatic rings. The quantitative estimate of drug-likeness (QED) is 0.790. The van der Waals surface area contributed by atoms with Crippen LogP contribution in [-0.4, -0.2) is 30.1 Å². The van der Waals surface area contributed by atoms with Crippen molar-refractivity contribution in [2.45, 2.75) is 43.6 Å². The molecule has 0 spiro atoms. The van der Waals surface area contributed by atoms with Gasteiger partial charge in [0.05, 0.1) is 13.2 Å². The molecule has 1 saturated carbocycles. The van der Waals surface area contributed by atoms with Crippen molar-refractivity contribution in [3.05, 3.63) is 35.9 Å². The van der Waals surface area contributed by atoms with Gasteiger partial charge in [0, 0.05) is 11.8 Å². The van der Waals surface area contributed by atoms with Gasteiger partial charge in [-0.15, -0.1) is 0 Å². The van der Waals surface area contributed by atoms with Gasteiger partial charge in [0.25, 0.3) is 0 Å². The van der Waals surface area contributed by atoms with Crippen LogP contribution in [0.3, 0.4) is 0 Å². The standard InChI is InChI=1S/C16H19NO3/c1-20-15(19)17-13-9-5-6-10-16(13,11-14(17)18)12-7-3-2-4-8-12/h2-4,7-8,13H,5-6,9-11H2,1H3/t13-,16-/m1/s1. The number of ether oxygens (including phenoxy) is 1. The molecular formula is C16H19NO3. The lowest BCUT2D eigenvalue weighted by Crippen LogP contribution is -2.47. The largest absolute Gasteiger partial charge is 0.452 e. The molecule has 1 aromatic carbocycles. The van der Waals surface area contributed by atoms with E-state index in [4.69, 9.17) is 4.74 Å². The number of methoxy groups -OCH3 is 1. The van der Waals surface area contributed by atoms with Crippen LogP contribution in [0.4, 0.5) is 4.79 Å². The third kappa shape index (κ3) is 1.82. The Kier molecular flexibility index (Phi) is 3.24. The van der Waals surface area contributed by atoms with Crippen LogP contribution in [0, 0.1) is 0 Å². The zero-order chi connectivity index (χ0) is 14.2. The minimum Gasteiger partial charge on any atom is -0.452 e. The Hall–Kier alpha value is -1.84. The van der Waals surface area contributed by atoms with Crippen molar-refractivity contribution >= 4 is 12.0 Å². The lowest BCUT2D eigenvalue weighted by Gasteiger charge is -2.40. The van der Waals surface area contributed by atoms with Crippen LogP contribution in [0.5, 0.6) is 0 Å². The summed E-state index contributed by atoms with van der Waals surface area (Å²) in [7, 11) is 1.33. The van der Waals surface area contributed by atoms with Crippen molar-refractivity contribution < 1.29 is 14.3 Å². The number of rotatable bonds is 1. The fraction of sp³-hybridized carbons (Fsp3) is 0.500. The van der Waals surface area contributed by atoms with Gasteiger partial charge in [-0.3, -0.25) is 4.79 Å². The summed E-state index contributed by atoms with van der Waals surface area (Å²) in [5.41, 5.74) is 0.953. The summed E-state index contributed by atoms with van der Waals surface area (Å²) >= 11 is 0. The molecule has 0 unspecified atom stereocenters. The van der Waals surface area contributed by atoms with Gasteiger partial charge in [0.15, 0.2) is 0 Å². The molecule has 2 atom stereocenters. The third-order valence-electron chi connectivity index (χ3n) is 4.76. The molecule has 20 heavy (non-hydrogen) atoms. The summed E-state index contributed by atoms with van der Waals surface area (Å²) in [4.78, 5) is 25.6. The number of hydrogen-bond donors (Lipinski definition) is 0. The van der Waals surface area contributed by atoms with Crippen LogP contribution in [0.25, 0.3) is 0 Å². The molecular weight excluding hydrogens is 254 g/mol. The van der Waals surface area contributed by atoms with E-state index in [1.807, 2.05) is 18.2 Å². The number of benzene rings is 1. The van der Waals surface area contributed by atoms with Crippen molar-refractivity contribution in [1.82, 2.24) is 4.90 Å². The highest BCUT2D eigenvalue weighted by atomic mass is 16.5. The van der Waals surface area contributed by atoms with Crippen molar-refractivity contribution in [3.63, 3.8) is 0 Å². The fourth-order valence-corrected chi connectivity index (χ4v) is 3.87. The van der Waals surface area contributed by atoms with Gasteiger partial charge in [-0.05, 0) is 18.4 Å². The number of carbonyl (C=O) groups excluding carboxylic acids is 2. The minimum absolute atomic E-state index is 0.0569. The fourth-order valence-electron chi connectivity index (χ4n) is 3.87. The van der Waals surface area contributed by atoms with Crippen LogP contribution < -0.4 is 0 Å². The average molecular weight is 273 g/mol. The van der Waals surface area contributed by atoms with E-state index in [1.54, 1.807) is 0 Å². The molecule has 0 radical (unpaired) electrons. The monoisotopic (exact) mass is 273 g/mol. The van der Waals surface area contributed by atoms with Gasteiger partial charge in [-0.25, -0.2) is 9.69 Å². The highest BCUT2D eigenvalue weighted by molar-refractivity contribution is 5.95. The molecule has 0 aromatic heterocycles. The minimum atomic E-state index is -0.514. The molecule has 1 saturated heterocycles. The highest BCUT2D eigenvalue weighted by Crippen LogP contribution is 2.49. The van der Waals surface area contributed by atoms with Crippen LogP contribution in [0.15, 0.2) is 30.3 Å². The Morgan fingerprint density at radius 2 is 2.05 bits per heavy atom. The number of fused-ring (bicyclic) bond motifs is 1. The molecule has 1 aliphatic carbocycles. The number of imide groups is 1. The first-order valence-electron chi connectivity index (χ1n) is 7.14. The lowest BCUT2D eigenvalue weighted by atomic mass is 9.66. The molecule has 0 bridgehead atoms. The molecule has 3 rings (SSSR count). The Labute approximate surface area is 118 Å². The predicted octanol–water partition coefficient (Wildman–Crippen LogP) is 2.87. The van der Waals surface area contributed by atoms with E-state index in [2.05, 4.69) is 12.1 Å². The molecule has 1 aliphatic heterocycles. The zero-order valence-corrected chi connectivity index (χ0v) is 11.7. The first-order chi connectivity index (χ1) is 9.69. The lowest BCUT2D eigenvalue weighted by molar-refractivity contribution is -0.127. The van der Waals surface area contributed by atoms with E-state index in [9.17, 15) is 9.59 Å². The average Bonchev–Trinajstić information content (AvgIpc) is 2.80. The maximum Gasteiger partial charge on any atom is 0.416 e. The number of nitrogens with zero attached hydrogens (tertiary/aromatic N) is 1. The summed E-state index contributed by atoms with van der Waals surface area (Å²) < 4.78 is 4.80. The van der Waals surface area contributed by atoms with Gasteiger partial charge in [-0.2, -0.15) is 0 Å². The van der Waals surface area contributed by atoms with Crippen LogP contribution >= 0.6 is 0 Å². The number of likely N-dealkylation sites (tertiary alicyclic amines) is 1. The zero-order valence-electron chi connectivity index (χ0n) is 11.7. The summed E-state index contributed by atoms with van der Waals surface area (Å²) in [5.74, 6) is -0.104. The highest BCUT2D eigenvalue weighted by Gasteiger charge is 2.55. The van der Waals surface area contributed by atoms with Crippen molar-refractivity contribution in [3.8, 4) is 0 Å². The number of carbonyl (C=O) groups is 2. The van der Waals surface area contributed by atoms with Crippen molar-refractivity contribution in [2.75, 3.05) is 7.11 Å². The second kappa shape index (κ2) is 4.93. The molecule has 2 fully saturated rings. The second-order valence-electron chi connectivity index (χ2n) is 5.69. The summed E-state index contributed by atoms with van der Waals surface area (Å²) in [5, 5.41) is 0. The molecule has 1 aromatic rings. The van der Waals surface area contributed by atoms with E-state index in [1.165, 1.54) is 17.6 Å². The molecule has 1 heterocycles. The van der Waals surface area contributed by atoms with Crippen LogP contribution in [-0.2, 0) is 14.9 Å². The maximum absolute atomic E-state index is 12.3. The van der Waals surface area contributed by atoms with Crippen LogP contribution in [0.2, 0.25) is 0 Å². The third-order valence-corrected chi connectivity index (χ3v) is 4.76. The van der Waals surface area contributed by atoms with E-state index in [0.717, 1.165) is 25.7 Å². The Morgan fingerprint density at radius 3 is 2.75 bits per heavy atom. The molecule has 2 amide bonds. The first kappa shape index (κ1) is 13.2. The van der Waals surface area contributed by atoms with Crippen molar-refractivity contribution in [1.29, 1.82) is 0 Å². The van der Waals surface area contributed by atoms with Gasteiger partial charge in [0.2, 0.25) is 5.91 Å². The second-order valence-corrected chi connectivity index (χ2v) is 5.69. The molecule has 106 valence electrons. The van der Waals surface area contributed by atoms with Gasteiger partial charge in [-0.1, -0.05) is 43.2 Å².